The molecule has 0 aliphatic heterocycles. The summed E-state index contributed by atoms with van der Waals surface area (Å²) in [5, 5.41) is 20.2. The Morgan fingerprint density at radius 1 is 1.60 bits per heavy atom. The summed E-state index contributed by atoms with van der Waals surface area (Å²) in [5.74, 6) is -0.824. The number of hydrogen-bond donors (Lipinski definition) is 2. The minimum absolute atomic E-state index is 0.0646. The molecule has 20 heavy (non-hydrogen) atoms. The third-order valence-electron chi connectivity index (χ3n) is 2.70. The van der Waals surface area contributed by atoms with Crippen LogP contribution < -0.4 is 5.69 Å². The highest BCUT2D eigenvalue weighted by Crippen LogP contribution is 2.27. The number of nitrogens with zero attached hydrogens (tertiary/aromatic N) is 2. The molecule has 0 amide bonds. The van der Waals surface area contributed by atoms with Crippen LogP contribution in [0.5, 0.6) is 5.88 Å². The van der Waals surface area contributed by atoms with Crippen LogP contribution in [0.25, 0.3) is 6.08 Å². The van der Waals surface area contributed by atoms with Gasteiger partial charge in [-0.25, -0.2) is 4.79 Å². The first-order valence-electron chi connectivity index (χ1n) is 5.67. The van der Waals surface area contributed by atoms with Gasteiger partial charge in [-0.05, 0) is 18.4 Å². The van der Waals surface area contributed by atoms with Crippen molar-refractivity contribution in [2.75, 3.05) is 0 Å². The van der Waals surface area contributed by atoms with E-state index in [9.17, 15) is 20.0 Å². The Hall–Kier alpha value is -2.22. The number of allylic oxidation sites excluding steroid dienone is 5. The Labute approximate surface area is 121 Å². The molecule has 0 spiro atoms. The Morgan fingerprint density at radius 3 is 2.95 bits per heavy atom. The molecule has 1 aliphatic rings. The smallest absolute Gasteiger partial charge is 0.354 e. The molecule has 1 aliphatic carbocycles. The first-order chi connectivity index (χ1) is 9.47. The second-order valence-electron chi connectivity index (χ2n) is 4.09. The average molecular weight is 340 g/mol. The number of hydrogen-bond acceptors (Lipinski definition) is 5. The first kappa shape index (κ1) is 14.2. The van der Waals surface area contributed by atoms with E-state index in [0.29, 0.717) is 0 Å². The minimum atomic E-state index is -0.889. The number of aromatic nitrogens is 2. The Kier molecular flexibility index (Phi) is 4.14. The van der Waals surface area contributed by atoms with Crippen LogP contribution in [0, 0.1) is 16.0 Å². The maximum atomic E-state index is 11.2. The van der Waals surface area contributed by atoms with Gasteiger partial charge in [0.2, 0.25) is 0 Å². The van der Waals surface area contributed by atoms with Crippen molar-refractivity contribution in [1.82, 2.24) is 9.97 Å². The number of H-pyrrole nitrogens is 1. The van der Waals surface area contributed by atoms with Gasteiger partial charge in [0.15, 0.2) is 0 Å². The number of aromatic hydroxyl groups is 1. The summed E-state index contributed by atoms with van der Waals surface area (Å²) >= 11 is 3.33. The monoisotopic (exact) mass is 339 g/mol. The van der Waals surface area contributed by atoms with Crippen molar-refractivity contribution in [3.8, 4) is 5.88 Å². The number of nitrogens with one attached hydrogen (secondary N) is 1. The van der Waals surface area contributed by atoms with Crippen LogP contribution in [0.4, 0.5) is 5.69 Å². The molecular weight excluding hydrogens is 330 g/mol. The van der Waals surface area contributed by atoms with E-state index in [2.05, 4.69) is 25.9 Å². The fraction of sp³-hybridized carbons (Fsp3) is 0.167. The van der Waals surface area contributed by atoms with Gasteiger partial charge in [0.25, 0.3) is 5.88 Å². The fourth-order valence-electron chi connectivity index (χ4n) is 1.75. The van der Waals surface area contributed by atoms with Crippen molar-refractivity contribution in [2.45, 2.75) is 6.42 Å². The van der Waals surface area contributed by atoms with Crippen LogP contribution in [0.2, 0.25) is 0 Å². The Bertz CT molecular complexity index is 690. The van der Waals surface area contributed by atoms with Crippen LogP contribution in [-0.4, -0.2) is 20.0 Å². The maximum absolute atomic E-state index is 11.2. The quantitative estimate of drug-likeness (QED) is 0.648. The zero-order chi connectivity index (χ0) is 14.7. The second-order valence-corrected chi connectivity index (χ2v) is 5.01. The molecule has 0 bridgehead atoms. The molecule has 1 aromatic heterocycles. The normalized spacial score (nSPS) is 18.2. The van der Waals surface area contributed by atoms with Crippen LogP contribution in [-0.2, 0) is 0 Å². The SMILES string of the molecule is O=c1nc(O)c([N+](=O)[O-])c(/C=C\C2C=CC(Br)=CC2)[nH]1. The van der Waals surface area contributed by atoms with E-state index in [0.717, 1.165) is 10.9 Å². The lowest BCUT2D eigenvalue weighted by atomic mass is 10.00. The zero-order valence-corrected chi connectivity index (χ0v) is 11.7. The highest BCUT2D eigenvalue weighted by molar-refractivity contribution is 9.11. The van der Waals surface area contributed by atoms with E-state index in [1.807, 2.05) is 18.2 Å². The van der Waals surface area contributed by atoms with Crippen molar-refractivity contribution in [3.63, 3.8) is 0 Å². The predicted octanol–water partition coefficient (Wildman–Crippen LogP) is 2.25. The van der Waals surface area contributed by atoms with Gasteiger partial charge < -0.3 is 5.11 Å². The maximum Gasteiger partial charge on any atom is 0.354 e. The molecule has 0 radical (unpaired) electrons. The molecular formula is C12H10BrN3O4. The van der Waals surface area contributed by atoms with Crippen molar-refractivity contribution >= 4 is 27.7 Å². The molecule has 1 heterocycles. The molecule has 0 fully saturated rings. The molecule has 0 aromatic carbocycles. The lowest BCUT2D eigenvalue weighted by Gasteiger charge is -2.09. The number of halogens is 1. The van der Waals surface area contributed by atoms with Gasteiger partial charge in [0.05, 0.1) is 4.92 Å². The van der Waals surface area contributed by atoms with Crippen LogP contribution in [0.1, 0.15) is 12.1 Å². The number of aromatic amines is 1. The third kappa shape index (κ3) is 3.21. The lowest BCUT2D eigenvalue weighted by molar-refractivity contribution is -0.386. The molecule has 8 heteroatoms. The van der Waals surface area contributed by atoms with Gasteiger partial charge in [0.1, 0.15) is 5.69 Å². The zero-order valence-electron chi connectivity index (χ0n) is 10.1. The fourth-order valence-corrected chi connectivity index (χ4v) is 2.09. The summed E-state index contributed by atoms with van der Waals surface area (Å²) in [6.07, 6.45) is 9.62. The lowest BCUT2D eigenvalue weighted by Crippen LogP contribution is -2.13. The molecule has 104 valence electrons. The third-order valence-corrected chi connectivity index (χ3v) is 3.28. The molecule has 1 unspecified atom stereocenters. The molecule has 0 saturated heterocycles. The van der Waals surface area contributed by atoms with Crippen molar-refractivity contribution in [2.24, 2.45) is 5.92 Å². The number of nitro groups is 1. The topological polar surface area (TPSA) is 109 Å². The summed E-state index contributed by atoms with van der Waals surface area (Å²) in [7, 11) is 0. The molecule has 1 aromatic rings. The summed E-state index contributed by atoms with van der Waals surface area (Å²) in [5.41, 5.74) is -1.53. The highest BCUT2D eigenvalue weighted by Gasteiger charge is 2.21. The molecule has 1 atom stereocenters. The summed E-state index contributed by atoms with van der Waals surface area (Å²) < 4.78 is 0.975. The predicted molar refractivity (Wildman–Crippen MR) is 76.5 cm³/mol. The van der Waals surface area contributed by atoms with E-state index < -0.39 is 22.2 Å². The van der Waals surface area contributed by atoms with Crippen LogP contribution >= 0.6 is 15.9 Å². The summed E-state index contributed by atoms with van der Waals surface area (Å²) in [6, 6.07) is 0. The van der Waals surface area contributed by atoms with Gasteiger partial charge in [-0.1, -0.05) is 40.2 Å². The largest absolute Gasteiger partial charge is 0.488 e. The highest BCUT2D eigenvalue weighted by atomic mass is 79.9. The second kappa shape index (κ2) is 5.83. The van der Waals surface area contributed by atoms with Gasteiger partial charge in [0, 0.05) is 4.48 Å². The standard InChI is InChI=1S/C12H10BrN3O4/c13-8-4-1-7(2-5-8)3-6-9-10(16(19)20)11(17)15-12(18)14-9/h1,3-7H,2H2,(H2,14,15,17,18)/b6-3-. The van der Waals surface area contributed by atoms with E-state index in [1.165, 1.54) is 6.08 Å². The van der Waals surface area contributed by atoms with Gasteiger partial charge in [-0.2, -0.15) is 4.98 Å². The van der Waals surface area contributed by atoms with Crippen LogP contribution in [0.3, 0.4) is 0 Å². The van der Waals surface area contributed by atoms with E-state index in [-0.39, 0.29) is 11.6 Å². The van der Waals surface area contributed by atoms with E-state index >= 15 is 0 Å². The number of rotatable bonds is 3. The summed E-state index contributed by atoms with van der Waals surface area (Å²) in [4.78, 5) is 26.6. The molecule has 2 N–H and O–H groups in total. The van der Waals surface area contributed by atoms with Gasteiger partial charge >= 0.3 is 11.4 Å². The Morgan fingerprint density at radius 2 is 2.35 bits per heavy atom. The Balaban J connectivity index is 2.32. The van der Waals surface area contributed by atoms with Crippen molar-refractivity contribution in [1.29, 1.82) is 0 Å². The van der Waals surface area contributed by atoms with Gasteiger partial charge in [-0.15, -0.1) is 0 Å². The summed E-state index contributed by atoms with van der Waals surface area (Å²) in [6.45, 7) is 0. The first-order valence-corrected chi connectivity index (χ1v) is 6.46. The van der Waals surface area contributed by atoms with Crippen molar-refractivity contribution < 1.29 is 10.0 Å². The van der Waals surface area contributed by atoms with E-state index in [1.54, 1.807) is 6.08 Å². The van der Waals surface area contributed by atoms with Gasteiger partial charge in [-0.3, -0.25) is 15.1 Å². The molecule has 2 rings (SSSR count). The molecule has 0 saturated carbocycles. The van der Waals surface area contributed by atoms with E-state index in [4.69, 9.17) is 0 Å². The minimum Gasteiger partial charge on any atom is -0.488 e. The molecule has 7 nitrogen and oxygen atoms in total. The average Bonchev–Trinajstić information content (AvgIpc) is 2.36. The van der Waals surface area contributed by atoms with Crippen LogP contribution in [0.15, 0.2) is 33.6 Å². The van der Waals surface area contributed by atoms with Crippen molar-refractivity contribution in [3.05, 3.63) is 55.1 Å².